The van der Waals surface area contributed by atoms with Gasteiger partial charge in [-0.25, -0.2) is 4.39 Å². The van der Waals surface area contributed by atoms with Gasteiger partial charge in [-0.15, -0.1) is 0 Å². The molecule has 24 heavy (non-hydrogen) atoms. The van der Waals surface area contributed by atoms with Crippen LogP contribution in [0.15, 0.2) is 29.3 Å². The molecule has 1 aromatic carbocycles. The van der Waals surface area contributed by atoms with E-state index in [2.05, 4.69) is 17.6 Å². The Balaban J connectivity index is 1.84. The molecule has 1 aliphatic rings. The highest BCUT2D eigenvalue weighted by Gasteiger charge is 2.44. The maximum atomic E-state index is 13.5. The molecular formula is C19H30FN3O. The van der Waals surface area contributed by atoms with Crippen LogP contribution < -0.4 is 10.6 Å². The van der Waals surface area contributed by atoms with Gasteiger partial charge in [-0.2, -0.15) is 0 Å². The predicted octanol–water partition coefficient (Wildman–Crippen LogP) is 3.23. The molecule has 0 saturated heterocycles. The minimum absolute atomic E-state index is 0.0307. The topological polar surface area (TPSA) is 45.7 Å². The predicted molar refractivity (Wildman–Crippen MR) is 97.0 cm³/mol. The van der Waals surface area contributed by atoms with Crippen molar-refractivity contribution in [1.82, 2.24) is 10.6 Å². The molecule has 1 fully saturated rings. The number of unbranched alkanes of at least 4 members (excludes halogenated alkanes) is 2. The third-order valence-electron chi connectivity index (χ3n) is 4.49. The minimum atomic E-state index is -0.163. The van der Waals surface area contributed by atoms with E-state index in [1.165, 1.54) is 6.07 Å². The van der Waals surface area contributed by atoms with Crippen LogP contribution in [-0.2, 0) is 10.2 Å². The van der Waals surface area contributed by atoms with Crippen molar-refractivity contribution in [2.24, 2.45) is 4.99 Å². The van der Waals surface area contributed by atoms with E-state index >= 15 is 0 Å². The number of methoxy groups -OCH3 is 1. The van der Waals surface area contributed by atoms with Gasteiger partial charge < -0.3 is 15.4 Å². The second-order valence-electron chi connectivity index (χ2n) is 6.47. The standard InChI is InChI=1S/C19H30FN3O/c1-3-21-18(22-12-5-4-6-13-24-2)23-15-19(10-11-19)16-8-7-9-17(20)14-16/h7-9,14H,3-6,10-13,15H2,1-2H3,(H2,21,22,23). The van der Waals surface area contributed by atoms with E-state index in [0.29, 0.717) is 6.54 Å². The van der Waals surface area contributed by atoms with Gasteiger partial charge in [0.1, 0.15) is 5.82 Å². The van der Waals surface area contributed by atoms with Crippen LogP contribution in [0.4, 0.5) is 4.39 Å². The summed E-state index contributed by atoms with van der Waals surface area (Å²) in [5.74, 6) is 0.691. The fourth-order valence-corrected chi connectivity index (χ4v) is 2.83. The summed E-state index contributed by atoms with van der Waals surface area (Å²) in [6.45, 7) is 5.33. The number of benzene rings is 1. The van der Waals surface area contributed by atoms with Crippen molar-refractivity contribution in [1.29, 1.82) is 0 Å². The van der Waals surface area contributed by atoms with E-state index < -0.39 is 0 Å². The number of hydrogen-bond acceptors (Lipinski definition) is 2. The van der Waals surface area contributed by atoms with Crippen LogP contribution in [0.1, 0.15) is 44.6 Å². The highest BCUT2D eigenvalue weighted by molar-refractivity contribution is 5.79. The molecule has 2 N–H and O–H groups in total. The van der Waals surface area contributed by atoms with Crippen molar-refractivity contribution >= 4 is 5.96 Å². The van der Waals surface area contributed by atoms with Gasteiger partial charge in [0.2, 0.25) is 0 Å². The van der Waals surface area contributed by atoms with Crippen molar-refractivity contribution in [3.63, 3.8) is 0 Å². The Morgan fingerprint density at radius 1 is 1.25 bits per heavy atom. The van der Waals surface area contributed by atoms with Crippen molar-refractivity contribution < 1.29 is 9.13 Å². The molecule has 2 rings (SSSR count). The fraction of sp³-hybridized carbons (Fsp3) is 0.632. The van der Waals surface area contributed by atoms with Crippen LogP contribution >= 0.6 is 0 Å². The Labute approximate surface area is 144 Å². The van der Waals surface area contributed by atoms with Gasteiger partial charge in [0.05, 0.1) is 6.54 Å². The van der Waals surface area contributed by atoms with E-state index in [9.17, 15) is 4.39 Å². The van der Waals surface area contributed by atoms with Crippen molar-refractivity contribution in [3.8, 4) is 0 Å². The summed E-state index contributed by atoms with van der Waals surface area (Å²) in [6, 6.07) is 6.95. The van der Waals surface area contributed by atoms with Crippen molar-refractivity contribution in [2.75, 3.05) is 33.4 Å². The van der Waals surface area contributed by atoms with Crippen molar-refractivity contribution in [3.05, 3.63) is 35.6 Å². The molecule has 4 nitrogen and oxygen atoms in total. The first-order valence-corrected chi connectivity index (χ1v) is 8.97. The normalized spacial score (nSPS) is 16.0. The molecule has 0 atom stereocenters. The Kier molecular flexibility index (Phi) is 7.50. The number of nitrogens with one attached hydrogen (secondary N) is 2. The number of guanidine groups is 1. The third-order valence-corrected chi connectivity index (χ3v) is 4.49. The van der Waals surface area contributed by atoms with Crippen LogP contribution in [-0.4, -0.2) is 39.3 Å². The second-order valence-corrected chi connectivity index (χ2v) is 6.47. The van der Waals surface area contributed by atoms with Crippen LogP contribution in [0.2, 0.25) is 0 Å². The molecule has 1 aliphatic carbocycles. The van der Waals surface area contributed by atoms with E-state index in [4.69, 9.17) is 9.73 Å². The Morgan fingerprint density at radius 3 is 2.75 bits per heavy atom. The zero-order valence-electron chi connectivity index (χ0n) is 14.9. The summed E-state index contributed by atoms with van der Waals surface area (Å²) >= 11 is 0. The van der Waals surface area contributed by atoms with E-state index in [1.807, 2.05) is 6.07 Å². The summed E-state index contributed by atoms with van der Waals surface area (Å²) in [5.41, 5.74) is 1.10. The Hall–Kier alpha value is -1.62. The maximum Gasteiger partial charge on any atom is 0.191 e. The van der Waals surface area contributed by atoms with Gasteiger partial charge in [0, 0.05) is 32.2 Å². The smallest absolute Gasteiger partial charge is 0.191 e. The van der Waals surface area contributed by atoms with Crippen LogP contribution in [0.3, 0.4) is 0 Å². The Morgan fingerprint density at radius 2 is 2.08 bits per heavy atom. The number of hydrogen-bond donors (Lipinski definition) is 2. The molecule has 1 saturated carbocycles. The molecule has 0 bridgehead atoms. The lowest BCUT2D eigenvalue weighted by atomic mass is 9.96. The number of nitrogens with zero attached hydrogens (tertiary/aromatic N) is 1. The van der Waals surface area contributed by atoms with Gasteiger partial charge in [0.15, 0.2) is 5.96 Å². The monoisotopic (exact) mass is 335 g/mol. The lowest BCUT2D eigenvalue weighted by Crippen LogP contribution is -2.38. The van der Waals surface area contributed by atoms with E-state index in [1.54, 1.807) is 19.2 Å². The maximum absolute atomic E-state index is 13.5. The number of ether oxygens (including phenoxy) is 1. The van der Waals surface area contributed by atoms with E-state index in [-0.39, 0.29) is 11.2 Å². The molecule has 0 amide bonds. The molecule has 0 aliphatic heterocycles. The molecular weight excluding hydrogens is 305 g/mol. The summed E-state index contributed by atoms with van der Waals surface area (Å²) < 4.78 is 18.5. The zero-order valence-corrected chi connectivity index (χ0v) is 14.9. The summed E-state index contributed by atoms with van der Waals surface area (Å²) in [6.07, 6.45) is 5.50. The molecule has 0 spiro atoms. The van der Waals surface area contributed by atoms with Crippen LogP contribution in [0.5, 0.6) is 0 Å². The average molecular weight is 335 g/mol. The quantitative estimate of drug-likeness (QED) is 0.392. The molecule has 0 radical (unpaired) electrons. The lowest BCUT2D eigenvalue weighted by Gasteiger charge is -2.16. The molecule has 0 unspecified atom stereocenters. The molecule has 0 heterocycles. The van der Waals surface area contributed by atoms with Crippen LogP contribution in [0.25, 0.3) is 0 Å². The van der Waals surface area contributed by atoms with Gasteiger partial charge in [0.25, 0.3) is 0 Å². The summed E-state index contributed by atoms with van der Waals surface area (Å²) in [4.78, 5) is 4.73. The summed E-state index contributed by atoms with van der Waals surface area (Å²) in [5, 5.41) is 6.67. The number of rotatable bonds is 10. The highest BCUT2D eigenvalue weighted by atomic mass is 19.1. The first-order valence-electron chi connectivity index (χ1n) is 8.97. The largest absolute Gasteiger partial charge is 0.385 e. The first-order chi connectivity index (χ1) is 11.7. The third kappa shape index (κ3) is 5.78. The average Bonchev–Trinajstić information content (AvgIpc) is 3.37. The SMILES string of the molecule is CCNC(=NCC1(c2cccc(F)c2)CC1)NCCCCCOC. The van der Waals surface area contributed by atoms with E-state index in [0.717, 1.165) is 63.3 Å². The van der Waals surface area contributed by atoms with Gasteiger partial charge in [-0.1, -0.05) is 12.1 Å². The molecule has 0 aromatic heterocycles. The zero-order chi connectivity index (χ0) is 17.3. The Bertz CT molecular complexity index is 529. The van der Waals surface area contributed by atoms with Crippen molar-refractivity contribution in [2.45, 2.75) is 44.4 Å². The lowest BCUT2D eigenvalue weighted by molar-refractivity contribution is 0.192. The first kappa shape index (κ1) is 18.7. The van der Waals surface area contributed by atoms with Crippen LogP contribution in [0, 0.1) is 5.82 Å². The second kappa shape index (κ2) is 9.62. The summed E-state index contributed by atoms with van der Waals surface area (Å²) in [7, 11) is 1.74. The molecule has 1 aromatic rings. The van der Waals surface area contributed by atoms with Gasteiger partial charge >= 0.3 is 0 Å². The van der Waals surface area contributed by atoms with Gasteiger partial charge in [-0.05, 0) is 56.7 Å². The fourth-order valence-electron chi connectivity index (χ4n) is 2.83. The highest BCUT2D eigenvalue weighted by Crippen LogP contribution is 2.48. The minimum Gasteiger partial charge on any atom is -0.385 e. The van der Waals surface area contributed by atoms with Gasteiger partial charge in [-0.3, -0.25) is 4.99 Å². The number of halogens is 1. The molecule has 134 valence electrons. The number of aliphatic imine (C=N–C) groups is 1. The molecule has 5 heteroatoms.